The van der Waals surface area contributed by atoms with Gasteiger partial charge in [-0.3, -0.25) is 9.89 Å². The van der Waals surface area contributed by atoms with Gasteiger partial charge in [0.1, 0.15) is 0 Å². The first-order valence-electron chi connectivity index (χ1n) is 5.86. The third kappa shape index (κ3) is 2.45. The van der Waals surface area contributed by atoms with Crippen molar-refractivity contribution in [2.24, 2.45) is 0 Å². The molecule has 0 saturated carbocycles. The molecule has 19 heavy (non-hydrogen) atoms. The number of aryl methyl sites for hydroxylation is 1. The SMILES string of the molecule is Cc1cc(C(=O)Nc2n[nH]c3c2COCC3)c(Br)s1. The van der Waals surface area contributed by atoms with E-state index in [1.54, 1.807) is 11.3 Å². The van der Waals surface area contributed by atoms with Crippen molar-refractivity contribution in [3.63, 3.8) is 0 Å². The average Bonchev–Trinajstić information content (AvgIpc) is 2.94. The van der Waals surface area contributed by atoms with Crippen LogP contribution < -0.4 is 5.32 Å². The van der Waals surface area contributed by atoms with E-state index in [1.807, 2.05) is 13.0 Å². The number of carbonyl (C=O) groups excluding carboxylic acids is 1. The summed E-state index contributed by atoms with van der Waals surface area (Å²) < 4.78 is 6.23. The number of carbonyl (C=O) groups is 1. The molecule has 7 heteroatoms. The van der Waals surface area contributed by atoms with Gasteiger partial charge in [-0.15, -0.1) is 11.3 Å². The van der Waals surface area contributed by atoms with E-state index in [1.165, 1.54) is 0 Å². The summed E-state index contributed by atoms with van der Waals surface area (Å²) in [4.78, 5) is 13.3. The summed E-state index contributed by atoms with van der Waals surface area (Å²) in [5, 5.41) is 9.94. The van der Waals surface area contributed by atoms with E-state index in [2.05, 4.69) is 31.4 Å². The normalized spacial score (nSPS) is 14.2. The van der Waals surface area contributed by atoms with Crippen molar-refractivity contribution in [1.82, 2.24) is 10.2 Å². The van der Waals surface area contributed by atoms with Gasteiger partial charge in [0.15, 0.2) is 5.82 Å². The Morgan fingerprint density at radius 3 is 3.21 bits per heavy atom. The number of H-pyrrole nitrogens is 1. The van der Waals surface area contributed by atoms with Crippen molar-refractivity contribution in [3.8, 4) is 0 Å². The summed E-state index contributed by atoms with van der Waals surface area (Å²) in [6, 6.07) is 1.86. The molecule has 1 amide bonds. The molecular formula is C12H12BrN3O2S. The van der Waals surface area contributed by atoms with E-state index in [0.717, 1.165) is 26.3 Å². The molecule has 1 aliphatic rings. The lowest BCUT2D eigenvalue weighted by molar-refractivity contribution is 0.102. The van der Waals surface area contributed by atoms with Gasteiger partial charge in [-0.05, 0) is 28.9 Å². The van der Waals surface area contributed by atoms with Crippen LogP contribution in [0.25, 0.3) is 0 Å². The highest BCUT2D eigenvalue weighted by atomic mass is 79.9. The van der Waals surface area contributed by atoms with E-state index in [4.69, 9.17) is 4.74 Å². The molecule has 0 saturated heterocycles. The van der Waals surface area contributed by atoms with Crippen molar-refractivity contribution < 1.29 is 9.53 Å². The lowest BCUT2D eigenvalue weighted by Gasteiger charge is -2.12. The van der Waals surface area contributed by atoms with Crippen LogP contribution in [0.4, 0.5) is 5.82 Å². The predicted octanol–water partition coefficient (Wildman–Crippen LogP) is 2.87. The van der Waals surface area contributed by atoms with Gasteiger partial charge >= 0.3 is 0 Å². The van der Waals surface area contributed by atoms with E-state index < -0.39 is 0 Å². The maximum Gasteiger partial charge on any atom is 0.258 e. The fourth-order valence-electron chi connectivity index (χ4n) is 2.03. The Morgan fingerprint density at radius 2 is 2.47 bits per heavy atom. The molecule has 0 aliphatic carbocycles. The topological polar surface area (TPSA) is 67.0 Å². The maximum absolute atomic E-state index is 12.2. The number of aromatic nitrogens is 2. The lowest BCUT2D eigenvalue weighted by atomic mass is 10.1. The van der Waals surface area contributed by atoms with Crippen LogP contribution in [0.3, 0.4) is 0 Å². The number of ether oxygens (including phenoxy) is 1. The zero-order valence-corrected chi connectivity index (χ0v) is 12.7. The number of nitrogens with one attached hydrogen (secondary N) is 2. The van der Waals surface area contributed by atoms with Crippen molar-refractivity contribution in [1.29, 1.82) is 0 Å². The smallest absolute Gasteiger partial charge is 0.258 e. The lowest BCUT2D eigenvalue weighted by Crippen LogP contribution is -2.15. The number of rotatable bonds is 2. The number of fused-ring (bicyclic) bond motifs is 1. The first-order valence-corrected chi connectivity index (χ1v) is 7.47. The Balaban J connectivity index is 1.83. The van der Waals surface area contributed by atoms with E-state index >= 15 is 0 Å². The van der Waals surface area contributed by atoms with Crippen molar-refractivity contribution in [2.75, 3.05) is 11.9 Å². The highest BCUT2D eigenvalue weighted by molar-refractivity contribution is 9.11. The number of aromatic amines is 1. The van der Waals surface area contributed by atoms with E-state index in [9.17, 15) is 4.79 Å². The second-order valence-corrected chi connectivity index (χ2v) is 6.90. The molecule has 0 spiro atoms. The molecule has 3 heterocycles. The minimum atomic E-state index is -0.156. The highest BCUT2D eigenvalue weighted by Gasteiger charge is 2.20. The van der Waals surface area contributed by atoms with Crippen LogP contribution in [-0.2, 0) is 17.8 Å². The molecule has 0 radical (unpaired) electrons. The number of hydrogen-bond acceptors (Lipinski definition) is 4. The molecule has 1 aliphatic heterocycles. The number of nitrogens with zero attached hydrogens (tertiary/aromatic N) is 1. The first kappa shape index (κ1) is 12.8. The molecule has 5 nitrogen and oxygen atoms in total. The molecule has 0 aromatic carbocycles. The molecule has 2 aromatic rings. The minimum Gasteiger partial charge on any atom is -0.376 e. The van der Waals surface area contributed by atoms with Gasteiger partial charge in [0.25, 0.3) is 5.91 Å². The van der Waals surface area contributed by atoms with Gasteiger partial charge in [0.05, 0.1) is 22.6 Å². The van der Waals surface area contributed by atoms with Crippen LogP contribution in [0.5, 0.6) is 0 Å². The van der Waals surface area contributed by atoms with Crippen LogP contribution >= 0.6 is 27.3 Å². The number of hydrogen-bond donors (Lipinski definition) is 2. The second-order valence-electron chi connectivity index (χ2n) is 4.33. The summed E-state index contributed by atoms with van der Waals surface area (Å²) in [5.41, 5.74) is 2.63. The summed E-state index contributed by atoms with van der Waals surface area (Å²) in [6.45, 7) is 3.15. The fourth-order valence-corrected chi connectivity index (χ4v) is 3.81. The number of amides is 1. The highest BCUT2D eigenvalue weighted by Crippen LogP contribution is 2.29. The Kier molecular flexibility index (Phi) is 3.42. The van der Waals surface area contributed by atoms with Crippen LogP contribution in [0.15, 0.2) is 9.85 Å². The molecule has 0 atom stereocenters. The van der Waals surface area contributed by atoms with Gasteiger partial charge < -0.3 is 10.1 Å². The Hall–Kier alpha value is -1.18. The zero-order valence-electron chi connectivity index (χ0n) is 10.2. The molecular weight excluding hydrogens is 330 g/mol. The Bertz CT molecular complexity index is 635. The van der Waals surface area contributed by atoms with Crippen molar-refractivity contribution >= 4 is 39.0 Å². The van der Waals surface area contributed by atoms with Gasteiger partial charge in [0, 0.05) is 22.6 Å². The summed E-state index contributed by atoms with van der Waals surface area (Å²) in [6.07, 6.45) is 0.805. The molecule has 3 rings (SSSR count). The third-order valence-electron chi connectivity index (χ3n) is 2.98. The average molecular weight is 342 g/mol. The largest absolute Gasteiger partial charge is 0.376 e. The Morgan fingerprint density at radius 1 is 1.63 bits per heavy atom. The second kappa shape index (κ2) is 5.07. The fraction of sp³-hybridized carbons (Fsp3) is 0.333. The molecule has 2 N–H and O–H groups in total. The predicted molar refractivity (Wildman–Crippen MR) is 76.7 cm³/mol. The summed E-state index contributed by atoms with van der Waals surface area (Å²) in [5.74, 6) is 0.409. The minimum absolute atomic E-state index is 0.156. The van der Waals surface area contributed by atoms with Crippen LogP contribution in [0, 0.1) is 6.92 Å². The van der Waals surface area contributed by atoms with E-state index in [-0.39, 0.29) is 5.91 Å². The van der Waals surface area contributed by atoms with Gasteiger partial charge in [-0.25, -0.2) is 0 Å². The van der Waals surface area contributed by atoms with Crippen molar-refractivity contribution in [2.45, 2.75) is 20.0 Å². The van der Waals surface area contributed by atoms with Crippen LogP contribution in [0.2, 0.25) is 0 Å². The summed E-state index contributed by atoms with van der Waals surface area (Å²) >= 11 is 4.94. The van der Waals surface area contributed by atoms with Gasteiger partial charge in [0.2, 0.25) is 0 Å². The van der Waals surface area contributed by atoms with Gasteiger partial charge in [-0.1, -0.05) is 0 Å². The molecule has 2 aromatic heterocycles. The Labute approximate surface area is 122 Å². The third-order valence-corrected chi connectivity index (χ3v) is 4.73. The standard InChI is InChI=1S/C12H12BrN3O2S/c1-6-4-7(10(13)19-6)12(17)14-11-8-5-18-3-2-9(8)15-16-11/h4H,2-3,5H2,1H3,(H2,14,15,16,17). The maximum atomic E-state index is 12.2. The molecule has 0 bridgehead atoms. The number of thiophene rings is 1. The number of halogens is 1. The van der Waals surface area contributed by atoms with E-state index in [0.29, 0.717) is 24.6 Å². The van der Waals surface area contributed by atoms with Crippen LogP contribution in [0.1, 0.15) is 26.5 Å². The molecule has 0 fully saturated rings. The molecule has 100 valence electrons. The monoisotopic (exact) mass is 341 g/mol. The van der Waals surface area contributed by atoms with Crippen molar-refractivity contribution in [3.05, 3.63) is 31.6 Å². The molecule has 0 unspecified atom stereocenters. The van der Waals surface area contributed by atoms with Gasteiger partial charge in [-0.2, -0.15) is 5.10 Å². The first-order chi connectivity index (χ1) is 9.15. The number of anilines is 1. The summed E-state index contributed by atoms with van der Waals surface area (Å²) in [7, 11) is 0. The van der Waals surface area contributed by atoms with Crippen LogP contribution in [-0.4, -0.2) is 22.7 Å². The zero-order chi connectivity index (χ0) is 13.4. The quantitative estimate of drug-likeness (QED) is 0.882.